The molecule has 0 spiro atoms. The number of carbonyl (C=O) groups excluding carboxylic acids is 1. The Bertz CT molecular complexity index is 1040. The Balaban J connectivity index is 2.52. The molecule has 7 heteroatoms. The van der Waals surface area contributed by atoms with Crippen molar-refractivity contribution in [1.29, 1.82) is 0 Å². The molecule has 6 nitrogen and oxygen atoms in total. The van der Waals surface area contributed by atoms with Crippen LogP contribution in [0.25, 0.3) is 10.9 Å². The highest BCUT2D eigenvalue weighted by Crippen LogP contribution is 2.27. The third-order valence-electron chi connectivity index (χ3n) is 4.45. The van der Waals surface area contributed by atoms with E-state index in [1.54, 1.807) is 6.07 Å². The van der Waals surface area contributed by atoms with Gasteiger partial charge in [0.15, 0.2) is 5.78 Å². The highest BCUT2D eigenvalue weighted by atomic mass is 79.9. The number of benzene rings is 1. The van der Waals surface area contributed by atoms with Crippen LogP contribution in [0.1, 0.15) is 17.3 Å². The largest absolute Gasteiger partial charge is 0.334 e. The van der Waals surface area contributed by atoms with Crippen LogP contribution >= 0.6 is 15.9 Å². The molecule has 1 aromatic heterocycles. The van der Waals surface area contributed by atoms with Crippen LogP contribution in [0.4, 0.5) is 5.82 Å². The van der Waals surface area contributed by atoms with Crippen molar-refractivity contribution in [3.05, 3.63) is 65.0 Å². The first kappa shape index (κ1) is 23.5. The molecule has 0 bridgehead atoms. The van der Waals surface area contributed by atoms with E-state index in [0.29, 0.717) is 23.4 Å². The average Bonchev–Trinajstić information content (AvgIpc) is 2.70. The number of Topliss-reactive ketones (excluding diaryl/α,β-unsaturated/α-hetero) is 1. The molecule has 1 unspecified atom stereocenters. The van der Waals surface area contributed by atoms with Crippen molar-refractivity contribution in [2.24, 2.45) is 4.99 Å². The SMILES string of the molecule is C=NCC(=O)c1cccc2c([N+](=C)C(CN(C)C)C(=C)C=CC=C(C)Br)ncnc12. The van der Waals surface area contributed by atoms with Crippen molar-refractivity contribution < 1.29 is 9.37 Å². The molecular formula is C23H27BrN5O+. The Kier molecular flexibility index (Phi) is 8.50. The first-order chi connectivity index (χ1) is 14.3. The highest BCUT2D eigenvalue weighted by molar-refractivity contribution is 9.11. The lowest BCUT2D eigenvalue weighted by Gasteiger charge is -2.21. The van der Waals surface area contributed by atoms with Gasteiger partial charge >= 0.3 is 5.82 Å². The summed E-state index contributed by atoms with van der Waals surface area (Å²) in [6.45, 7) is 14.6. The zero-order valence-electron chi connectivity index (χ0n) is 17.7. The number of fused-ring (bicyclic) bond motifs is 1. The van der Waals surface area contributed by atoms with Gasteiger partial charge in [-0.25, -0.2) is 9.56 Å². The van der Waals surface area contributed by atoms with Crippen LogP contribution in [0, 0.1) is 0 Å². The maximum atomic E-state index is 12.4. The molecule has 2 aromatic rings. The summed E-state index contributed by atoms with van der Waals surface area (Å²) in [5.74, 6) is 0.500. The van der Waals surface area contributed by atoms with Gasteiger partial charge < -0.3 is 4.90 Å². The summed E-state index contributed by atoms with van der Waals surface area (Å²) in [4.78, 5) is 27.0. The maximum absolute atomic E-state index is 12.4. The fraction of sp³-hybridized carbons (Fsp3) is 0.261. The lowest BCUT2D eigenvalue weighted by molar-refractivity contribution is -0.467. The molecule has 156 valence electrons. The van der Waals surface area contributed by atoms with Gasteiger partial charge in [-0.2, -0.15) is 0 Å². The molecule has 0 aliphatic rings. The van der Waals surface area contributed by atoms with Crippen molar-refractivity contribution in [2.75, 3.05) is 27.2 Å². The second-order valence-electron chi connectivity index (χ2n) is 7.14. The predicted octanol–water partition coefficient (Wildman–Crippen LogP) is 4.20. The van der Waals surface area contributed by atoms with Gasteiger partial charge in [0.25, 0.3) is 0 Å². The fourth-order valence-corrected chi connectivity index (χ4v) is 3.19. The molecular weight excluding hydrogens is 442 g/mol. The van der Waals surface area contributed by atoms with Crippen molar-refractivity contribution >= 4 is 51.9 Å². The number of allylic oxidation sites excluding steroid dienone is 3. The van der Waals surface area contributed by atoms with E-state index in [1.807, 2.05) is 56.0 Å². The number of aliphatic imine (C=N–C) groups is 1. The smallest absolute Gasteiger partial charge is 0.305 e. The standard InChI is InChI=1S/C23H27BrN5O/c1-16(9-7-10-17(2)24)20(14-28(4)5)29(6)23-19-12-8-11-18(21(30)13-25-3)22(19)26-15-27-23/h7-12,15,20H,1,3,6,13-14H2,2,4-5H3/q+1. The van der Waals surface area contributed by atoms with E-state index >= 15 is 0 Å². The number of likely N-dealkylation sites (N-methyl/N-ethyl adjacent to an activating group) is 1. The Morgan fingerprint density at radius 2 is 2.10 bits per heavy atom. The van der Waals surface area contributed by atoms with Crippen molar-refractivity contribution in [3.8, 4) is 0 Å². The molecule has 1 atom stereocenters. The number of rotatable bonds is 10. The van der Waals surface area contributed by atoms with Crippen LogP contribution in [0.2, 0.25) is 0 Å². The van der Waals surface area contributed by atoms with Crippen LogP contribution < -0.4 is 0 Å². The molecule has 0 aliphatic heterocycles. The van der Waals surface area contributed by atoms with E-state index in [-0.39, 0.29) is 18.4 Å². The van der Waals surface area contributed by atoms with Gasteiger partial charge in [0.1, 0.15) is 12.6 Å². The predicted molar refractivity (Wildman–Crippen MR) is 129 cm³/mol. The molecule has 0 radical (unpaired) electrons. The molecule has 0 aliphatic carbocycles. The third kappa shape index (κ3) is 5.87. The summed E-state index contributed by atoms with van der Waals surface area (Å²) in [7, 11) is 4.00. The summed E-state index contributed by atoms with van der Waals surface area (Å²) < 4.78 is 2.86. The van der Waals surface area contributed by atoms with Gasteiger partial charge in [0.2, 0.25) is 6.33 Å². The fourth-order valence-electron chi connectivity index (χ4n) is 3.04. The van der Waals surface area contributed by atoms with Gasteiger partial charge in [-0.1, -0.05) is 46.8 Å². The molecule has 2 rings (SSSR count). The molecule has 1 aromatic carbocycles. The Morgan fingerprint density at radius 1 is 1.37 bits per heavy atom. The van der Waals surface area contributed by atoms with E-state index < -0.39 is 0 Å². The Hall–Kier alpha value is -2.77. The minimum atomic E-state index is -0.134. The Morgan fingerprint density at radius 3 is 2.73 bits per heavy atom. The first-order valence-corrected chi connectivity index (χ1v) is 10.2. The van der Waals surface area contributed by atoms with Crippen LogP contribution in [-0.4, -0.2) is 71.9 Å². The molecule has 0 fully saturated rings. The average molecular weight is 469 g/mol. The first-order valence-electron chi connectivity index (χ1n) is 9.39. The topological polar surface area (TPSA) is 61.5 Å². The monoisotopic (exact) mass is 468 g/mol. The van der Waals surface area contributed by atoms with Crippen LogP contribution in [0.15, 0.2) is 64.4 Å². The van der Waals surface area contributed by atoms with Crippen molar-refractivity contribution in [1.82, 2.24) is 14.9 Å². The van der Waals surface area contributed by atoms with Gasteiger partial charge in [-0.15, -0.1) is 0 Å². The lowest BCUT2D eigenvalue weighted by Crippen LogP contribution is -2.34. The molecule has 0 N–H and O–H groups in total. The Labute approximate surface area is 186 Å². The summed E-state index contributed by atoms with van der Waals surface area (Å²) >= 11 is 3.42. The number of aromatic nitrogens is 2. The van der Waals surface area contributed by atoms with Crippen LogP contribution in [0.5, 0.6) is 0 Å². The summed E-state index contributed by atoms with van der Waals surface area (Å²) in [5, 5.41) is 0.749. The number of nitrogens with zero attached hydrogens (tertiary/aromatic N) is 5. The van der Waals surface area contributed by atoms with Gasteiger partial charge in [0.05, 0.1) is 17.6 Å². The second kappa shape index (κ2) is 10.8. The molecule has 1 heterocycles. The van der Waals surface area contributed by atoms with Crippen molar-refractivity contribution in [3.63, 3.8) is 0 Å². The molecule has 0 amide bonds. The van der Waals surface area contributed by atoms with Gasteiger partial charge in [-0.3, -0.25) is 9.79 Å². The van der Waals surface area contributed by atoms with E-state index in [2.05, 4.69) is 55.8 Å². The number of ketones is 1. The highest BCUT2D eigenvalue weighted by Gasteiger charge is 2.26. The summed E-state index contributed by atoms with van der Waals surface area (Å²) in [5.41, 5.74) is 1.96. The number of hydrogen-bond acceptors (Lipinski definition) is 5. The molecule has 0 saturated heterocycles. The van der Waals surface area contributed by atoms with E-state index in [0.717, 1.165) is 15.4 Å². The van der Waals surface area contributed by atoms with E-state index in [9.17, 15) is 4.79 Å². The zero-order chi connectivity index (χ0) is 22.3. The molecule has 30 heavy (non-hydrogen) atoms. The number of hydrogen-bond donors (Lipinski definition) is 0. The maximum Gasteiger partial charge on any atom is 0.334 e. The quantitative estimate of drug-likeness (QED) is 0.227. The minimum absolute atomic E-state index is 0.0118. The van der Waals surface area contributed by atoms with E-state index in [1.165, 1.54) is 6.33 Å². The number of carbonyl (C=O) groups is 1. The number of halogens is 1. The van der Waals surface area contributed by atoms with Gasteiger partial charge in [-0.05, 0) is 54.9 Å². The van der Waals surface area contributed by atoms with Crippen LogP contribution in [0.3, 0.4) is 0 Å². The minimum Gasteiger partial charge on any atom is -0.305 e. The second-order valence-corrected chi connectivity index (χ2v) is 8.39. The van der Waals surface area contributed by atoms with Crippen molar-refractivity contribution in [2.45, 2.75) is 13.0 Å². The van der Waals surface area contributed by atoms with Crippen LogP contribution in [-0.2, 0) is 0 Å². The van der Waals surface area contributed by atoms with E-state index in [4.69, 9.17) is 0 Å². The normalized spacial score (nSPS) is 13.0. The summed E-state index contributed by atoms with van der Waals surface area (Å²) in [6.07, 6.45) is 7.32. The zero-order valence-corrected chi connectivity index (χ0v) is 19.3. The van der Waals surface area contributed by atoms with Gasteiger partial charge in [0, 0.05) is 12.1 Å². The number of para-hydroxylation sites is 1. The summed E-state index contributed by atoms with van der Waals surface area (Å²) in [6, 6.07) is 5.32. The lowest BCUT2D eigenvalue weighted by atomic mass is 10.0. The third-order valence-corrected chi connectivity index (χ3v) is 4.71. The molecule has 0 saturated carbocycles.